The molecule has 0 aliphatic rings. The molecule has 0 saturated carbocycles. The zero-order valence-electron chi connectivity index (χ0n) is 11.2. The summed E-state index contributed by atoms with van der Waals surface area (Å²) in [4.78, 5) is 22.2. The van der Waals surface area contributed by atoms with E-state index in [1.165, 1.54) is 24.3 Å². The van der Waals surface area contributed by atoms with E-state index < -0.39 is 5.91 Å². The molecule has 0 aliphatic heterocycles. The minimum Gasteiger partial charge on any atom is -0.489 e. The number of rotatable bonds is 7. The predicted molar refractivity (Wildman–Crippen MR) is 71.6 cm³/mol. The van der Waals surface area contributed by atoms with Crippen LogP contribution in [0.4, 0.5) is 4.39 Å². The normalized spacial score (nSPS) is 11.6. The van der Waals surface area contributed by atoms with Crippen LogP contribution in [0, 0.1) is 5.82 Å². The number of ether oxygens (including phenoxy) is 1. The molecule has 1 atom stereocenters. The van der Waals surface area contributed by atoms with Gasteiger partial charge in [-0.05, 0) is 31.2 Å². The highest BCUT2D eigenvalue weighted by Gasteiger charge is 2.08. The maximum absolute atomic E-state index is 12.7. The van der Waals surface area contributed by atoms with E-state index in [1.807, 2.05) is 0 Å². The van der Waals surface area contributed by atoms with Gasteiger partial charge in [-0.3, -0.25) is 9.59 Å². The molecule has 20 heavy (non-hydrogen) atoms. The lowest BCUT2D eigenvalue weighted by molar-refractivity contribution is -0.125. The molecule has 0 aliphatic carbocycles. The van der Waals surface area contributed by atoms with Gasteiger partial charge in [-0.25, -0.2) is 4.39 Å². The highest BCUT2D eigenvalue weighted by molar-refractivity contribution is 5.85. The average molecular weight is 283 g/mol. The molecule has 0 heterocycles. The van der Waals surface area contributed by atoms with Gasteiger partial charge in [-0.15, -0.1) is 0 Å². The van der Waals surface area contributed by atoms with Gasteiger partial charge < -0.3 is 21.1 Å². The first-order valence-electron chi connectivity index (χ1n) is 6.17. The maximum Gasteiger partial charge on any atom is 0.239 e. The first-order valence-corrected chi connectivity index (χ1v) is 6.17. The molecular weight excluding hydrogens is 265 g/mol. The van der Waals surface area contributed by atoms with E-state index in [-0.39, 0.29) is 37.5 Å². The molecule has 0 radical (unpaired) electrons. The van der Waals surface area contributed by atoms with Crippen molar-refractivity contribution in [3.8, 4) is 5.75 Å². The van der Waals surface area contributed by atoms with E-state index in [1.54, 1.807) is 6.92 Å². The van der Waals surface area contributed by atoms with Crippen molar-refractivity contribution >= 4 is 11.8 Å². The van der Waals surface area contributed by atoms with Crippen molar-refractivity contribution in [2.75, 3.05) is 19.6 Å². The highest BCUT2D eigenvalue weighted by atomic mass is 19.1. The number of carbonyl (C=O) groups excluding carboxylic acids is 2. The quantitative estimate of drug-likeness (QED) is 0.645. The topological polar surface area (TPSA) is 93.5 Å². The fourth-order valence-electron chi connectivity index (χ4n) is 1.36. The van der Waals surface area contributed by atoms with Gasteiger partial charge >= 0.3 is 0 Å². The Kier molecular flexibility index (Phi) is 6.45. The van der Waals surface area contributed by atoms with Crippen LogP contribution in [0.5, 0.6) is 5.75 Å². The molecule has 0 fully saturated rings. The Morgan fingerprint density at radius 1 is 1.25 bits per heavy atom. The van der Waals surface area contributed by atoms with Crippen LogP contribution in [0.3, 0.4) is 0 Å². The number of hydrogen-bond donors (Lipinski definition) is 3. The highest BCUT2D eigenvalue weighted by Crippen LogP contribution is 2.12. The number of hydrogen-bond acceptors (Lipinski definition) is 4. The van der Waals surface area contributed by atoms with Gasteiger partial charge in [0.05, 0.1) is 19.6 Å². The van der Waals surface area contributed by atoms with Gasteiger partial charge in [0.25, 0.3) is 0 Å². The lowest BCUT2D eigenvalue weighted by Crippen LogP contribution is -2.42. The van der Waals surface area contributed by atoms with Crippen LogP contribution in [0.25, 0.3) is 0 Å². The van der Waals surface area contributed by atoms with E-state index in [0.29, 0.717) is 5.75 Å². The molecule has 0 aromatic heterocycles. The summed E-state index contributed by atoms with van der Waals surface area (Å²) < 4.78 is 18.2. The molecule has 110 valence electrons. The summed E-state index contributed by atoms with van der Waals surface area (Å²) in [5.41, 5.74) is 5.09. The molecule has 6 nitrogen and oxygen atoms in total. The summed E-state index contributed by atoms with van der Waals surface area (Å²) in [7, 11) is 0. The molecule has 1 unspecified atom stereocenters. The van der Waals surface area contributed by atoms with E-state index in [2.05, 4.69) is 10.6 Å². The smallest absolute Gasteiger partial charge is 0.239 e. The van der Waals surface area contributed by atoms with Crippen LogP contribution in [-0.4, -0.2) is 37.6 Å². The molecule has 7 heteroatoms. The van der Waals surface area contributed by atoms with E-state index >= 15 is 0 Å². The van der Waals surface area contributed by atoms with Crippen LogP contribution < -0.4 is 21.1 Å². The van der Waals surface area contributed by atoms with Crippen LogP contribution in [0.15, 0.2) is 24.3 Å². The van der Waals surface area contributed by atoms with Crippen molar-refractivity contribution in [3.05, 3.63) is 30.1 Å². The molecular formula is C13H18FN3O3. The van der Waals surface area contributed by atoms with E-state index in [9.17, 15) is 14.0 Å². The van der Waals surface area contributed by atoms with Crippen LogP contribution >= 0.6 is 0 Å². The Bertz CT molecular complexity index is 451. The molecule has 1 rings (SSSR count). The van der Waals surface area contributed by atoms with Crippen molar-refractivity contribution in [1.29, 1.82) is 0 Å². The third-order valence-electron chi connectivity index (χ3n) is 2.37. The van der Waals surface area contributed by atoms with Crippen molar-refractivity contribution in [1.82, 2.24) is 10.6 Å². The van der Waals surface area contributed by atoms with Crippen molar-refractivity contribution in [2.45, 2.75) is 13.0 Å². The fourth-order valence-corrected chi connectivity index (χ4v) is 1.36. The third-order valence-corrected chi connectivity index (χ3v) is 2.37. The summed E-state index contributed by atoms with van der Waals surface area (Å²) in [5.74, 6) is -0.546. The monoisotopic (exact) mass is 283 g/mol. The predicted octanol–water partition coefficient (Wildman–Crippen LogP) is -0.216. The van der Waals surface area contributed by atoms with E-state index in [4.69, 9.17) is 10.5 Å². The number of nitrogens with two attached hydrogens (primary N) is 1. The van der Waals surface area contributed by atoms with Gasteiger partial charge in [0.15, 0.2) is 0 Å². The summed E-state index contributed by atoms with van der Waals surface area (Å²) in [6.45, 7) is 1.76. The maximum atomic E-state index is 12.7. The average Bonchev–Trinajstić information content (AvgIpc) is 2.45. The van der Waals surface area contributed by atoms with Gasteiger partial charge in [0, 0.05) is 0 Å². The zero-order valence-corrected chi connectivity index (χ0v) is 11.2. The third kappa shape index (κ3) is 6.14. The van der Waals surface area contributed by atoms with Gasteiger partial charge in [-0.1, -0.05) is 0 Å². The summed E-state index contributed by atoms with van der Waals surface area (Å²) in [6.07, 6.45) is -0.283. The lowest BCUT2D eigenvalue weighted by atomic mass is 10.3. The number of amides is 2. The van der Waals surface area contributed by atoms with Crippen molar-refractivity contribution < 1.29 is 18.7 Å². The van der Waals surface area contributed by atoms with Crippen molar-refractivity contribution in [2.24, 2.45) is 5.73 Å². The summed E-state index contributed by atoms with van der Waals surface area (Å²) in [6, 6.07) is 5.61. The van der Waals surface area contributed by atoms with E-state index in [0.717, 1.165) is 0 Å². The number of benzene rings is 1. The summed E-state index contributed by atoms with van der Waals surface area (Å²) in [5, 5.41) is 4.95. The fraction of sp³-hybridized carbons (Fsp3) is 0.385. The molecule has 0 saturated heterocycles. The molecule has 1 aromatic rings. The first-order chi connectivity index (χ1) is 9.51. The minimum absolute atomic E-state index is 0.126. The van der Waals surface area contributed by atoms with Crippen LogP contribution in [0.1, 0.15) is 6.92 Å². The minimum atomic E-state index is -0.393. The Hall–Kier alpha value is -2.15. The number of halogens is 1. The van der Waals surface area contributed by atoms with Crippen molar-refractivity contribution in [3.63, 3.8) is 0 Å². The summed E-state index contributed by atoms with van der Waals surface area (Å²) >= 11 is 0. The molecule has 2 amide bonds. The number of nitrogens with one attached hydrogen (secondary N) is 2. The Morgan fingerprint density at radius 3 is 2.50 bits per heavy atom. The second kappa shape index (κ2) is 8.11. The Labute approximate surface area is 116 Å². The van der Waals surface area contributed by atoms with Gasteiger partial charge in [-0.2, -0.15) is 0 Å². The Balaban J connectivity index is 2.25. The molecule has 0 bridgehead atoms. The number of carbonyl (C=O) groups is 2. The molecule has 1 aromatic carbocycles. The standard InChI is InChI=1S/C13H18FN3O3/c1-9(20-11-4-2-10(14)3-5-11)7-16-13(19)8-17-12(18)6-15/h2-5,9H,6-8,15H2,1H3,(H,16,19)(H,17,18). The molecule has 0 spiro atoms. The zero-order chi connectivity index (χ0) is 15.0. The molecule has 4 N–H and O–H groups in total. The van der Waals surface area contributed by atoms with Crippen LogP contribution in [-0.2, 0) is 9.59 Å². The second-order valence-electron chi connectivity index (χ2n) is 4.17. The second-order valence-corrected chi connectivity index (χ2v) is 4.17. The SMILES string of the molecule is CC(CNC(=O)CNC(=O)CN)Oc1ccc(F)cc1. The first kappa shape index (κ1) is 15.9. The Morgan fingerprint density at radius 2 is 1.90 bits per heavy atom. The van der Waals surface area contributed by atoms with Gasteiger partial charge in [0.2, 0.25) is 11.8 Å². The largest absolute Gasteiger partial charge is 0.489 e. The lowest BCUT2D eigenvalue weighted by Gasteiger charge is -2.15. The van der Waals surface area contributed by atoms with Gasteiger partial charge in [0.1, 0.15) is 17.7 Å². The van der Waals surface area contributed by atoms with Crippen LogP contribution in [0.2, 0.25) is 0 Å².